The number of hydrogen-bond acceptors (Lipinski definition) is 3. The first-order chi connectivity index (χ1) is 10.1. The molecule has 2 N–H and O–H groups in total. The third-order valence-electron chi connectivity index (χ3n) is 4.01. The van der Waals surface area contributed by atoms with E-state index in [1.807, 2.05) is 32.2 Å². The lowest BCUT2D eigenvalue weighted by Crippen LogP contribution is -3.12. The summed E-state index contributed by atoms with van der Waals surface area (Å²) in [5.74, 6) is 1.59. The first kappa shape index (κ1) is 15.6. The summed E-state index contributed by atoms with van der Waals surface area (Å²) in [7, 11) is 5.29. The third-order valence-corrected chi connectivity index (χ3v) is 4.01. The summed E-state index contributed by atoms with van der Waals surface area (Å²) in [6.45, 7) is 2.67. The molecule has 21 heavy (non-hydrogen) atoms. The summed E-state index contributed by atoms with van der Waals surface area (Å²) in [5, 5.41) is 3.06. The Kier molecular flexibility index (Phi) is 5.07. The minimum absolute atomic E-state index is 0.0958. The molecule has 1 aromatic rings. The number of benzene rings is 1. The van der Waals surface area contributed by atoms with E-state index in [1.54, 1.807) is 14.2 Å². The number of likely N-dealkylation sites (N-methyl/N-ethyl adjacent to an activating group) is 1. The number of carbonyl (C=O) groups excluding carboxylic acids is 1. The molecule has 5 heteroatoms. The maximum Gasteiger partial charge on any atom is 0.278 e. The van der Waals surface area contributed by atoms with Gasteiger partial charge in [-0.3, -0.25) is 4.79 Å². The smallest absolute Gasteiger partial charge is 0.278 e. The van der Waals surface area contributed by atoms with Crippen LogP contribution in [0.1, 0.15) is 25.3 Å². The van der Waals surface area contributed by atoms with Crippen LogP contribution in [0.25, 0.3) is 0 Å². The largest absolute Gasteiger partial charge is 0.493 e. The lowest BCUT2D eigenvalue weighted by molar-refractivity contribution is -0.908. The van der Waals surface area contributed by atoms with Crippen LogP contribution in [0.4, 0.5) is 0 Å². The molecule has 1 aliphatic rings. The standard InChI is InChI=1S/C16H24N2O3/c1-11(16(19)17-13-8-9-13)18(2)10-12-6-5-7-14(20-3)15(12)21-4/h5-7,11,13H,8-10H2,1-4H3,(H,17,19)/p+1/t11-/m0/s1. The molecule has 0 aromatic heterocycles. The van der Waals surface area contributed by atoms with Crippen LogP contribution in [0, 0.1) is 0 Å². The Morgan fingerprint density at radius 1 is 1.38 bits per heavy atom. The zero-order valence-corrected chi connectivity index (χ0v) is 13.2. The number of quaternary nitrogens is 1. The molecule has 0 spiro atoms. The molecule has 1 aromatic carbocycles. The van der Waals surface area contributed by atoms with Crippen molar-refractivity contribution in [3.63, 3.8) is 0 Å². The molecule has 1 saturated carbocycles. The molecule has 1 amide bonds. The molecule has 0 radical (unpaired) electrons. The second-order valence-electron chi connectivity index (χ2n) is 5.68. The van der Waals surface area contributed by atoms with E-state index in [2.05, 4.69) is 5.32 Å². The van der Waals surface area contributed by atoms with Crippen LogP contribution >= 0.6 is 0 Å². The van der Waals surface area contributed by atoms with Crippen molar-refractivity contribution >= 4 is 5.91 Å². The summed E-state index contributed by atoms with van der Waals surface area (Å²) in [4.78, 5) is 13.2. The summed E-state index contributed by atoms with van der Waals surface area (Å²) in [5.41, 5.74) is 1.04. The maximum atomic E-state index is 12.1. The molecule has 1 unspecified atom stereocenters. The molecule has 116 valence electrons. The topological polar surface area (TPSA) is 52.0 Å². The van der Waals surface area contributed by atoms with Gasteiger partial charge in [-0.1, -0.05) is 6.07 Å². The second kappa shape index (κ2) is 6.80. The van der Waals surface area contributed by atoms with Crippen molar-refractivity contribution in [3.8, 4) is 11.5 Å². The number of nitrogens with one attached hydrogen (secondary N) is 2. The molecule has 1 fully saturated rings. The van der Waals surface area contributed by atoms with Crippen LogP contribution in [0.15, 0.2) is 18.2 Å². The SMILES string of the molecule is COc1cccc(C[NH+](C)[C@@H](C)C(=O)NC2CC2)c1OC. The highest BCUT2D eigenvalue weighted by atomic mass is 16.5. The number of amides is 1. The van der Waals surface area contributed by atoms with Gasteiger partial charge in [0.05, 0.1) is 26.8 Å². The Morgan fingerprint density at radius 2 is 2.10 bits per heavy atom. The van der Waals surface area contributed by atoms with Crippen LogP contribution in [0.5, 0.6) is 11.5 Å². The van der Waals surface area contributed by atoms with Gasteiger partial charge >= 0.3 is 0 Å². The summed E-state index contributed by atoms with van der Waals surface area (Å²) in [6.07, 6.45) is 2.22. The monoisotopic (exact) mass is 293 g/mol. The number of carbonyl (C=O) groups is 1. The van der Waals surface area contributed by atoms with Crippen LogP contribution in [-0.2, 0) is 11.3 Å². The quantitative estimate of drug-likeness (QED) is 0.764. The lowest BCUT2D eigenvalue weighted by Gasteiger charge is -2.22. The Morgan fingerprint density at radius 3 is 2.67 bits per heavy atom. The summed E-state index contributed by atoms with van der Waals surface area (Å²) in [6, 6.07) is 6.14. The van der Waals surface area contributed by atoms with Gasteiger partial charge in [-0.05, 0) is 31.9 Å². The van der Waals surface area contributed by atoms with E-state index >= 15 is 0 Å². The van der Waals surface area contributed by atoms with E-state index in [0.717, 1.165) is 34.8 Å². The number of ether oxygens (including phenoxy) is 2. The minimum atomic E-state index is -0.0958. The summed E-state index contributed by atoms with van der Waals surface area (Å²) < 4.78 is 10.8. The van der Waals surface area contributed by atoms with Crippen LogP contribution in [0.2, 0.25) is 0 Å². The molecular formula is C16H25N2O3+. The zero-order valence-electron chi connectivity index (χ0n) is 13.2. The van der Waals surface area contributed by atoms with Gasteiger partial charge in [0, 0.05) is 6.04 Å². The van der Waals surface area contributed by atoms with Crippen molar-refractivity contribution in [1.29, 1.82) is 0 Å². The van der Waals surface area contributed by atoms with Crippen LogP contribution in [0.3, 0.4) is 0 Å². The van der Waals surface area contributed by atoms with E-state index in [-0.39, 0.29) is 11.9 Å². The maximum absolute atomic E-state index is 12.1. The van der Waals surface area contributed by atoms with Gasteiger partial charge in [-0.15, -0.1) is 0 Å². The molecule has 0 bridgehead atoms. The second-order valence-corrected chi connectivity index (χ2v) is 5.68. The highest BCUT2D eigenvalue weighted by Gasteiger charge is 2.29. The van der Waals surface area contributed by atoms with Gasteiger partial charge in [0.25, 0.3) is 5.91 Å². The number of methoxy groups -OCH3 is 2. The predicted molar refractivity (Wildman–Crippen MR) is 80.8 cm³/mol. The van der Waals surface area contributed by atoms with Crippen LogP contribution < -0.4 is 19.7 Å². The average Bonchev–Trinajstić information content (AvgIpc) is 3.29. The Labute approximate surface area is 126 Å². The predicted octanol–water partition coefficient (Wildman–Crippen LogP) is 0.386. The first-order valence-corrected chi connectivity index (χ1v) is 7.39. The van der Waals surface area contributed by atoms with E-state index in [9.17, 15) is 4.79 Å². The number of hydrogen-bond donors (Lipinski definition) is 2. The van der Waals surface area contributed by atoms with E-state index in [0.29, 0.717) is 12.6 Å². The first-order valence-electron chi connectivity index (χ1n) is 7.39. The van der Waals surface area contributed by atoms with Crippen molar-refractivity contribution in [2.45, 2.75) is 38.4 Å². The summed E-state index contributed by atoms with van der Waals surface area (Å²) >= 11 is 0. The van der Waals surface area contributed by atoms with Crippen molar-refractivity contribution in [3.05, 3.63) is 23.8 Å². The van der Waals surface area contributed by atoms with Gasteiger partial charge in [-0.25, -0.2) is 0 Å². The molecule has 1 aliphatic carbocycles. The minimum Gasteiger partial charge on any atom is -0.493 e. The van der Waals surface area contributed by atoms with Gasteiger partial charge in [0.2, 0.25) is 0 Å². The van der Waals surface area contributed by atoms with E-state index in [1.165, 1.54) is 0 Å². The highest BCUT2D eigenvalue weighted by molar-refractivity contribution is 5.80. The average molecular weight is 293 g/mol. The molecule has 2 rings (SSSR count). The van der Waals surface area contributed by atoms with Gasteiger partial charge < -0.3 is 19.7 Å². The third kappa shape index (κ3) is 3.88. The van der Waals surface area contributed by atoms with Crippen molar-refractivity contribution in [2.75, 3.05) is 21.3 Å². The fraction of sp³-hybridized carbons (Fsp3) is 0.562. The molecule has 5 nitrogen and oxygen atoms in total. The molecule has 0 aliphatic heterocycles. The lowest BCUT2D eigenvalue weighted by atomic mass is 10.1. The Hall–Kier alpha value is -1.75. The molecule has 0 heterocycles. The van der Waals surface area contributed by atoms with Crippen molar-refractivity contribution < 1.29 is 19.2 Å². The molecular weight excluding hydrogens is 268 g/mol. The highest BCUT2D eigenvalue weighted by Crippen LogP contribution is 2.30. The van der Waals surface area contributed by atoms with Crippen molar-refractivity contribution in [2.24, 2.45) is 0 Å². The van der Waals surface area contributed by atoms with Crippen molar-refractivity contribution in [1.82, 2.24) is 5.32 Å². The van der Waals surface area contributed by atoms with E-state index in [4.69, 9.17) is 9.47 Å². The zero-order chi connectivity index (χ0) is 15.4. The van der Waals surface area contributed by atoms with Crippen LogP contribution in [-0.4, -0.2) is 39.3 Å². The number of rotatable bonds is 7. The van der Waals surface area contributed by atoms with Gasteiger partial charge in [0.1, 0.15) is 6.54 Å². The van der Waals surface area contributed by atoms with Gasteiger partial charge in [-0.2, -0.15) is 0 Å². The normalized spacial score (nSPS) is 17.0. The van der Waals surface area contributed by atoms with E-state index < -0.39 is 0 Å². The fourth-order valence-corrected chi connectivity index (χ4v) is 2.32. The Bertz CT molecular complexity index is 500. The fourth-order valence-electron chi connectivity index (χ4n) is 2.32. The molecule has 2 atom stereocenters. The van der Waals surface area contributed by atoms with Gasteiger partial charge in [0.15, 0.2) is 17.5 Å². The Balaban J connectivity index is 2.04. The molecule has 0 saturated heterocycles. The number of para-hydroxylation sites is 1.